The minimum Gasteiger partial charge on any atom is -0.394 e. The largest absolute Gasteiger partial charge is 0.394 e. The van der Waals surface area contributed by atoms with Crippen molar-refractivity contribution in [3.63, 3.8) is 0 Å². The third kappa shape index (κ3) is 34.5. The molecule has 0 aromatic rings. The molecule has 0 saturated heterocycles. The Kier molecular flexibility index (Phi) is 37.8. The van der Waals surface area contributed by atoms with Crippen molar-refractivity contribution in [3.8, 4) is 0 Å². The molecule has 0 rings (SSSR count). The average Bonchev–Trinajstić information content (AvgIpc) is 3.11. The van der Waals surface area contributed by atoms with Gasteiger partial charge in [0.15, 0.2) is 0 Å². The van der Waals surface area contributed by atoms with Crippen LogP contribution in [0.1, 0.15) is 200 Å². The number of rotatable bonds is 37. The minimum atomic E-state index is -1.11. The van der Waals surface area contributed by atoms with E-state index in [-0.39, 0.29) is 6.61 Å². The van der Waals surface area contributed by atoms with E-state index in [0.29, 0.717) is 6.42 Å². The molecule has 0 aliphatic rings. The second kappa shape index (κ2) is 39.1. The Balaban J connectivity index is 3.66. The molecule has 0 fully saturated rings. The van der Waals surface area contributed by atoms with Crippen LogP contribution in [0.4, 0.5) is 0 Å². The van der Waals surface area contributed by atoms with Gasteiger partial charge >= 0.3 is 0 Å². The van der Waals surface area contributed by atoms with Gasteiger partial charge in [0.1, 0.15) is 6.10 Å². The van der Waals surface area contributed by atoms with Crippen LogP contribution in [0, 0.1) is 0 Å². The van der Waals surface area contributed by atoms with Gasteiger partial charge in [0.25, 0.3) is 0 Å². The standard InChI is InChI=1S/C44H81NO4/c1-3-5-7-9-11-13-15-16-17-18-19-20-21-22-23-24-25-26-27-29-31-33-35-37-39-43(48)44(49)45-41(40-46)42(47)38-36-34-32-30-28-14-12-10-8-6-4-2/h8,10,22-23,28,30,36,38,41-43,46-48H,3-7,9,11-21,24-27,29,31-35,37,39-40H2,1-2H3,(H,45,49)/b10-8+,23-22-,30-28+,38-36+. The monoisotopic (exact) mass is 688 g/mol. The number of allylic oxidation sites excluding steroid dienone is 7. The summed E-state index contributed by atoms with van der Waals surface area (Å²) >= 11 is 0. The summed E-state index contributed by atoms with van der Waals surface area (Å²) in [5.74, 6) is -0.523. The molecular formula is C44H81NO4. The third-order valence-corrected chi connectivity index (χ3v) is 9.35. The number of carbonyl (C=O) groups is 1. The smallest absolute Gasteiger partial charge is 0.249 e. The number of unbranched alkanes of at least 4 members (excludes halogenated alkanes) is 23. The van der Waals surface area contributed by atoms with E-state index in [0.717, 1.165) is 51.4 Å². The Morgan fingerprint density at radius 1 is 0.490 bits per heavy atom. The second-order valence-electron chi connectivity index (χ2n) is 14.2. The summed E-state index contributed by atoms with van der Waals surface area (Å²) in [5, 5.41) is 32.9. The van der Waals surface area contributed by atoms with Crippen molar-refractivity contribution in [1.29, 1.82) is 0 Å². The van der Waals surface area contributed by atoms with Crippen molar-refractivity contribution in [3.05, 3.63) is 48.6 Å². The van der Waals surface area contributed by atoms with Crippen LogP contribution >= 0.6 is 0 Å². The molecule has 4 N–H and O–H groups in total. The van der Waals surface area contributed by atoms with Gasteiger partial charge in [-0.15, -0.1) is 0 Å². The molecule has 5 nitrogen and oxygen atoms in total. The molecule has 49 heavy (non-hydrogen) atoms. The molecule has 286 valence electrons. The predicted octanol–water partition coefficient (Wildman–Crippen LogP) is 11.8. The van der Waals surface area contributed by atoms with Gasteiger partial charge in [-0.25, -0.2) is 0 Å². The lowest BCUT2D eigenvalue weighted by Gasteiger charge is -2.21. The highest BCUT2D eigenvalue weighted by atomic mass is 16.3. The quantitative estimate of drug-likeness (QED) is 0.0386. The van der Waals surface area contributed by atoms with E-state index in [9.17, 15) is 20.1 Å². The van der Waals surface area contributed by atoms with Gasteiger partial charge in [0.2, 0.25) is 5.91 Å². The topological polar surface area (TPSA) is 89.8 Å². The first-order valence-corrected chi connectivity index (χ1v) is 21.0. The molecule has 0 aliphatic carbocycles. The Hall–Kier alpha value is -1.69. The number of hydrogen-bond donors (Lipinski definition) is 4. The van der Waals surface area contributed by atoms with Gasteiger partial charge in [-0.05, 0) is 64.2 Å². The maximum Gasteiger partial charge on any atom is 0.249 e. The molecule has 1 amide bonds. The van der Waals surface area contributed by atoms with Gasteiger partial charge in [0.05, 0.1) is 18.8 Å². The highest BCUT2D eigenvalue weighted by Gasteiger charge is 2.22. The molecule has 0 saturated carbocycles. The highest BCUT2D eigenvalue weighted by molar-refractivity contribution is 5.80. The summed E-state index contributed by atoms with van der Waals surface area (Å²) in [6.07, 6.45) is 50.1. The van der Waals surface area contributed by atoms with Crippen LogP contribution in [0.25, 0.3) is 0 Å². The molecule has 0 aliphatic heterocycles. The van der Waals surface area contributed by atoms with E-state index in [4.69, 9.17) is 0 Å². The fraction of sp³-hybridized carbons (Fsp3) is 0.795. The van der Waals surface area contributed by atoms with E-state index >= 15 is 0 Å². The normalized spacial score (nSPS) is 14.1. The van der Waals surface area contributed by atoms with Gasteiger partial charge < -0.3 is 20.6 Å². The minimum absolute atomic E-state index is 0.384. The highest BCUT2D eigenvalue weighted by Crippen LogP contribution is 2.14. The molecular weight excluding hydrogens is 606 g/mol. The molecule has 0 aromatic carbocycles. The average molecular weight is 688 g/mol. The van der Waals surface area contributed by atoms with Gasteiger partial charge in [-0.1, -0.05) is 184 Å². The Bertz CT molecular complexity index is 805. The Morgan fingerprint density at radius 3 is 1.33 bits per heavy atom. The lowest BCUT2D eigenvalue weighted by Crippen LogP contribution is -2.48. The summed E-state index contributed by atoms with van der Waals surface area (Å²) in [4.78, 5) is 12.4. The molecule has 5 heteroatoms. The zero-order chi connectivity index (χ0) is 35.9. The number of carbonyl (C=O) groups excluding carboxylic acids is 1. The molecule has 0 radical (unpaired) electrons. The van der Waals surface area contributed by atoms with Crippen molar-refractivity contribution in [1.82, 2.24) is 5.32 Å². The summed E-state index contributed by atoms with van der Waals surface area (Å²) in [7, 11) is 0. The van der Waals surface area contributed by atoms with Crippen molar-refractivity contribution in [2.75, 3.05) is 6.61 Å². The van der Waals surface area contributed by atoms with E-state index in [1.54, 1.807) is 6.08 Å². The summed E-state index contributed by atoms with van der Waals surface area (Å²) in [6, 6.07) is -0.821. The predicted molar refractivity (Wildman–Crippen MR) is 213 cm³/mol. The Morgan fingerprint density at radius 2 is 0.878 bits per heavy atom. The zero-order valence-electron chi connectivity index (χ0n) is 32.3. The first-order chi connectivity index (χ1) is 24.1. The summed E-state index contributed by atoms with van der Waals surface area (Å²) < 4.78 is 0. The van der Waals surface area contributed by atoms with Crippen LogP contribution in [-0.2, 0) is 4.79 Å². The van der Waals surface area contributed by atoms with E-state index < -0.39 is 24.2 Å². The van der Waals surface area contributed by atoms with Crippen LogP contribution < -0.4 is 5.32 Å². The van der Waals surface area contributed by atoms with Gasteiger partial charge in [-0.2, -0.15) is 0 Å². The van der Waals surface area contributed by atoms with Crippen molar-refractivity contribution in [2.24, 2.45) is 0 Å². The molecule has 3 unspecified atom stereocenters. The maximum absolute atomic E-state index is 12.4. The molecule has 0 heterocycles. The number of aliphatic hydroxyl groups is 3. The van der Waals surface area contributed by atoms with Crippen molar-refractivity contribution >= 4 is 5.91 Å². The van der Waals surface area contributed by atoms with E-state index in [1.165, 1.54) is 128 Å². The van der Waals surface area contributed by atoms with Crippen LogP contribution in [0.3, 0.4) is 0 Å². The number of amides is 1. The third-order valence-electron chi connectivity index (χ3n) is 9.35. The fourth-order valence-electron chi connectivity index (χ4n) is 6.04. The van der Waals surface area contributed by atoms with Gasteiger partial charge in [0, 0.05) is 0 Å². The van der Waals surface area contributed by atoms with Crippen molar-refractivity contribution < 1.29 is 20.1 Å². The number of aliphatic hydroxyl groups excluding tert-OH is 3. The number of nitrogens with one attached hydrogen (secondary N) is 1. The van der Waals surface area contributed by atoms with E-state index in [1.807, 2.05) is 6.08 Å². The van der Waals surface area contributed by atoms with Crippen LogP contribution in [0.2, 0.25) is 0 Å². The van der Waals surface area contributed by atoms with Crippen LogP contribution in [-0.4, -0.2) is 46.1 Å². The summed E-state index contributed by atoms with van der Waals surface area (Å²) in [6.45, 7) is 4.08. The number of hydrogen-bond acceptors (Lipinski definition) is 4. The fourth-order valence-corrected chi connectivity index (χ4v) is 6.04. The van der Waals surface area contributed by atoms with Crippen LogP contribution in [0.15, 0.2) is 48.6 Å². The lowest BCUT2D eigenvalue weighted by molar-refractivity contribution is -0.131. The second-order valence-corrected chi connectivity index (χ2v) is 14.2. The van der Waals surface area contributed by atoms with Crippen molar-refractivity contribution in [2.45, 2.75) is 218 Å². The lowest BCUT2D eigenvalue weighted by atomic mass is 10.0. The first-order valence-electron chi connectivity index (χ1n) is 21.0. The zero-order valence-corrected chi connectivity index (χ0v) is 32.3. The van der Waals surface area contributed by atoms with Gasteiger partial charge in [-0.3, -0.25) is 4.79 Å². The SMILES string of the molecule is CCC/C=C/CC/C=C/CC/C=C/C(O)C(CO)NC(=O)C(O)CCCCCCCCCC/C=C\CCCCCCCCCCCCCC. The molecule has 0 bridgehead atoms. The molecule has 0 aromatic heterocycles. The van der Waals surface area contributed by atoms with Crippen LogP contribution in [0.5, 0.6) is 0 Å². The molecule has 0 spiro atoms. The molecule has 3 atom stereocenters. The van der Waals surface area contributed by atoms with E-state index in [2.05, 4.69) is 55.6 Å². The Labute approximate surface area is 304 Å². The maximum atomic E-state index is 12.4. The summed E-state index contributed by atoms with van der Waals surface area (Å²) in [5.41, 5.74) is 0. The first kappa shape index (κ1) is 47.3.